The molecule has 2 unspecified atom stereocenters. The summed E-state index contributed by atoms with van der Waals surface area (Å²) in [5.41, 5.74) is 1.38. The van der Waals surface area contributed by atoms with Crippen molar-refractivity contribution in [1.29, 1.82) is 0 Å². The first kappa shape index (κ1) is 10.1. The van der Waals surface area contributed by atoms with Gasteiger partial charge in [-0.15, -0.1) is 0 Å². The van der Waals surface area contributed by atoms with Crippen molar-refractivity contribution >= 4 is 0 Å². The van der Waals surface area contributed by atoms with E-state index in [1.165, 1.54) is 5.57 Å². The zero-order valence-corrected chi connectivity index (χ0v) is 8.79. The minimum atomic E-state index is 0.361. The van der Waals surface area contributed by atoms with Crippen molar-refractivity contribution in [2.24, 2.45) is 0 Å². The highest BCUT2D eigenvalue weighted by Gasteiger charge is 2.23. The van der Waals surface area contributed by atoms with E-state index in [2.05, 4.69) is 18.3 Å². The van der Waals surface area contributed by atoms with Gasteiger partial charge in [0.1, 0.15) is 0 Å². The standard InChI is InChI=1S/C11H19NO2/c1-9-11(4-6-14-9)12-7-10-3-2-5-13-8-10/h3,9,11-12H,2,4-8H2,1H3. The molecule has 3 heteroatoms. The van der Waals surface area contributed by atoms with E-state index in [1.807, 2.05) is 0 Å². The summed E-state index contributed by atoms with van der Waals surface area (Å²) in [6.45, 7) is 5.67. The zero-order chi connectivity index (χ0) is 9.80. The Hall–Kier alpha value is -0.380. The summed E-state index contributed by atoms with van der Waals surface area (Å²) in [5, 5.41) is 3.53. The second-order valence-corrected chi connectivity index (χ2v) is 4.06. The van der Waals surface area contributed by atoms with Crippen molar-refractivity contribution in [3.05, 3.63) is 11.6 Å². The van der Waals surface area contributed by atoms with E-state index in [1.54, 1.807) is 0 Å². The molecular weight excluding hydrogens is 178 g/mol. The molecule has 0 aromatic rings. The molecule has 0 aromatic carbocycles. The average Bonchev–Trinajstić information content (AvgIpc) is 2.63. The fourth-order valence-electron chi connectivity index (χ4n) is 1.99. The Bertz CT molecular complexity index is 215. The molecule has 1 saturated heterocycles. The van der Waals surface area contributed by atoms with Gasteiger partial charge < -0.3 is 14.8 Å². The van der Waals surface area contributed by atoms with Gasteiger partial charge in [-0.3, -0.25) is 0 Å². The van der Waals surface area contributed by atoms with Crippen LogP contribution in [0.5, 0.6) is 0 Å². The topological polar surface area (TPSA) is 30.5 Å². The molecule has 2 rings (SSSR count). The first-order valence-electron chi connectivity index (χ1n) is 5.47. The molecule has 2 heterocycles. The monoisotopic (exact) mass is 197 g/mol. The highest BCUT2D eigenvalue weighted by atomic mass is 16.5. The van der Waals surface area contributed by atoms with Crippen molar-refractivity contribution in [1.82, 2.24) is 5.32 Å². The summed E-state index contributed by atoms with van der Waals surface area (Å²) in [4.78, 5) is 0. The van der Waals surface area contributed by atoms with Gasteiger partial charge in [0.05, 0.1) is 19.3 Å². The number of nitrogens with one attached hydrogen (secondary N) is 1. The molecule has 0 spiro atoms. The summed E-state index contributed by atoms with van der Waals surface area (Å²) >= 11 is 0. The Morgan fingerprint density at radius 3 is 3.07 bits per heavy atom. The summed E-state index contributed by atoms with van der Waals surface area (Å²) in [7, 11) is 0. The van der Waals surface area contributed by atoms with Gasteiger partial charge in [-0.2, -0.15) is 0 Å². The van der Waals surface area contributed by atoms with Gasteiger partial charge in [-0.25, -0.2) is 0 Å². The van der Waals surface area contributed by atoms with Crippen LogP contribution in [0.4, 0.5) is 0 Å². The first-order chi connectivity index (χ1) is 6.86. The Kier molecular flexibility index (Phi) is 3.56. The van der Waals surface area contributed by atoms with Gasteiger partial charge in [0.2, 0.25) is 0 Å². The summed E-state index contributed by atoms with van der Waals surface area (Å²) in [5.74, 6) is 0. The third kappa shape index (κ3) is 2.56. The number of hydrogen-bond donors (Lipinski definition) is 1. The zero-order valence-electron chi connectivity index (χ0n) is 8.79. The van der Waals surface area contributed by atoms with Crippen molar-refractivity contribution in [2.75, 3.05) is 26.4 Å². The largest absolute Gasteiger partial charge is 0.377 e. The molecule has 14 heavy (non-hydrogen) atoms. The fraction of sp³-hybridized carbons (Fsp3) is 0.818. The van der Waals surface area contributed by atoms with Crippen LogP contribution in [-0.4, -0.2) is 38.5 Å². The normalized spacial score (nSPS) is 33.1. The smallest absolute Gasteiger partial charge is 0.0700 e. The van der Waals surface area contributed by atoms with Gasteiger partial charge in [0, 0.05) is 19.2 Å². The average molecular weight is 197 g/mol. The van der Waals surface area contributed by atoms with Crippen LogP contribution >= 0.6 is 0 Å². The molecule has 0 radical (unpaired) electrons. The second kappa shape index (κ2) is 4.91. The number of ether oxygens (including phenoxy) is 2. The van der Waals surface area contributed by atoms with Crippen LogP contribution in [0, 0.1) is 0 Å². The predicted octanol–water partition coefficient (Wildman–Crippen LogP) is 1.10. The molecule has 2 aliphatic rings. The lowest BCUT2D eigenvalue weighted by molar-refractivity contribution is 0.112. The van der Waals surface area contributed by atoms with E-state index >= 15 is 0 Å². The quantitative estimate of drug-likeness (QED) is 0.687. The third-order valence-electron chi connectivity index (χ3n) is 2.95. The molecule has 80 valence electrons. The van der Waals surface area contributed by atoms with Crippen LogP contribution in [0.2, 0.25) is 0 Å². The highest BCUT2D eigenvalue weighted by molar-refractivity contribution is 5.07. The van der Waals surface area contributed by atoms with Crippen LogP contribution in [0.15, 0.2) is 11.6 Å². The molecular formula is C11H19NO2. The molecule has 0 saturated carbocycles. The van der Waals surface area contributed by atoms with Gasteiger partial charge in [0.25, 0.3) is 0 Å². The Morgan fingerprint density at radius 1 is 1.50 bits per heavy atom. The Morgan fingerprint density at radius 2 is 2.43 bits per heavy atom. The molecule has 2 atom stereocenters. The molecule has 0 amide bonds. The first-order valence-corrected chi connectivity index (χ1v) is 5.47. The van der Waals surface area contributed by atoms with E-state index in [4.69, 9.17) is 9.47 Å². The fourth-order valence-corrected chi connectivity index (χ4v) is 1.99. The number of rotatable bonds is 3. The van der Waals surface area contributed by atoms with Gasteiger partial charge >= 0.3 is 0 Å². The maximum absolute atomic E-state index is 5.49. The lowest BCUT2D eigenvalue weighted by atomic mass is 10.1. The molecule has 0 aromatic heterocycles. The maximum Gasteiger partial charge on any atom is 0.0700 e. The van der Waals surface area contributed by atoms with Crippen molar-refractivity contribution in [2.45, 2.75) is 31.9 Å². The van der Waals surface area contributed by atoms with Crippen molar-refractivity contribution in [3.8, 4) is 0 Å². The Labute approximate surface area is 85.5 Å². The van der Waals surface area contributed by atoms with Gasteiger partial charge in [0.15, 0.2) is 0 Å². The molecule has 1 fully saturated rings. The van der Waals surface area contributed by atoms with E-state index < -0.39 is 0 Å². The summed E-state index contributed by atoms with van der Waals surface area (Å²) < 4.78 is 10.9. The van der Waals surface area contributed by atoms with Gasteiger partial charge in [-0.1, -0.05) is 6.08 Å². The van der Waals surface area contributed by atoms with E-state index in [-0.39, 0.29) is 0 Å². The van der Waals surface area contributed by atoms with Crippen LogP contribution in [0.1, 0.15) is 19.8 Å². The van der Waals surface area contributed by atoms with Crippen LogP contribution in [0.3, 0.4) is 0 Å². The molecule has 1 N–H and O–H groups in total. The van der Waals surface area contributed by atoms with Crippen molar-refractivity contribution < 1.29 is 9.47 Å². The van der Waals surface area contributed by atoms with Crippen LogP contribution < -0.4 is 5.32 Å². The second-order valence-electron chi connectivity index (χ2n) is 4.06. The lowest BCUT2D eigenvalue weighted by Crippen LogP contribution is -2.36. The van der Waals surface area contributed by atoms with Crippen LogP contribution in [-0.2, 0) is 9.47 Å². The Balaban J connectivity index is 1.73. The van der Waals surface area contributed by atoms with E-state index in [9.17, 15) is 0 Å². The highest BCUT2D eigenvalue weighted by Crippen LogP contribution is 2.13. The molecule has 0 aliphatic carbocycles. The minimum absolute atomic E-state index is 0.361. The predicted molar refractivity (Wildman–Crippen MR) is 55.3 cm³/mol. The SMILES string of the molecule is CC1OCCC1NCC1=CCCOC1. The van der Waals surface area contributed by atoms with Crippen LogP contribution in [0.25, 0.3) is 0 Å². The summed E-state index contributed by atoms with van der Waals surface area (Å²) in [6, 6.07) is 0.526. The molecule has 3 nitrogen and oxygen atoms in total. The molecule has 2 aliphatic heterocycles. The van der Waals surface area contributed by atoms with E-state index in [0.29, 0.717) is 12.1 Å². The molecule has 0 bridgehead atoms. The van der Waals surface area contributed by atoms with Gasteiger partial charge in [-0.05, 0) is 25.3 Å². The maximum atomic E-state index is 5.49. The number of hydrogen-bond acceptors (Lipinski definition) is 3. The van der Waals surface area contributed by atoms with E-state index in [0.717, 1.165) is 39.2 Å². The minimum Gasteiger partial charge on any atom is -0.377 e. The third-order valence-corrected chi connectivity index (χ3v) is 2.95. The summed E-state index contributed by atoms with van der Waals surface area (Å²) in [6.07, 6.45) is 4.85. The van der Waals surface area contributed by atoms with Crippen molar-refractivity contribution in [3.63, 3.8) is 0 Å². The lowest BCUT2D eigenvalue weighted by Gasteiger charge is -2.19.